The summed E-state index contributed by atoms with van der Waals surface area (Å²) in [5.41, 5.74) is 0. The van der Waals surface area contributed by atoms with E-state index in [1.807, 2.05) is 6.92 Å². The molecule has 1 saturated heterocycles. The Morgan fingerprint density at radius 1 is 1.36 bits per heavy atom. The minimum atomic E-state index is 0. The van der Waals surface area contributed by atoms with Gasteiger partial charge < -0.3 is 14.6 Å². The van der Waals surface area contributed by atoms with Gasteiger partial charge in [-0.1, -0.05) is 12.0 Å². The Morgan fingerprint density at radius 2 is 2.07 bits per heavy atom. The second-order valence-corrected chi connectivity index (χ2v) is 3.07. The summed E-state index contributed by atoms with van der Waals surface area (Å²) in [6.45, 7) is 5.89. The number of aromatic nitrogens is 2. The lowest BCUT2D eigenvalue weighted by molar-refractivity contribution is 0.469. The average Bonchev–Trinajstić information content (AvgIpc) is 2.67. The van der Waals surface area contributed by atoms with Gasteiger partial charge in [0.15, 0.2) is 0 Å². The van der Waals surface area contributed by atoms with Crippen LogP contribution in [0.2, 0.25) is 0 Å². The normalized spacial score (nSPS) is 16.5. The molecule has 1 aliphatic heterocycles. The Balaban J connectivity index is 0.000000980. The summed E-state index contributed by atoms with van der Waals surface area (Å²) in [4.78, 5) is 2.11. The van der Waals surface area contributed by atoms with Gasteiger partial charge in [0.25, 0.3) is 0 Å². The SMILES string of the molecule is CCc1nnc(N2CCNCC2)o1.Cl. The summed E-state index contributed by atoms with van der Waals surface area (Å²) in [5, 5.41) is 11.2. The van der Waals surface area contributed by atoms with E-state index < -0.39 is 0 Å². The van der Waals surface area contributed by atoms with E-state index in [-0.39, 0.29) is 12.4 Å². The summed E-state index contributed by atoms with van der Waals surface area (Å²) in [5.74, 6) is 0.716. The van der Waals surface area contributed by atoms with Gasteiger partial charge in [-0.3, -0.25) is 0 Å². The molecule has 1 aliphatic rings. The molecule has 5 nitrogen and oxygen atoms in total. The Bertz CT molecular complexity index is 272. The molecule has 0 radical (unpaired) electrons. The van der Waals surface area contributed by atoms with Crippen LogP contribution in [0.4, 0.5) is 6.01 Å². The van der Waals surface area contributed by atoms with Crippen LogP contribution in [0, 0.1) is 0 Å². The molecule has 0 atom stereocenters. The number of aryl methyl sites for hydroxylation is 1. The molecule has 80 valence electrons. The van der Waals surface area contributed by atoms with Crippen molar-refractivity contribution in [3.8, 4) is 0 Å². The van der Waals surface area contributed by atoms with Crippen LogP contribution in [0.5, 0.6) is 0 Å². The highest BCUT2D eigenvalue weighted by atomic mass is 35.5. The average molecular weight is 219 g/mol. The minimum absolute atomic E-state index is 0. The smallest absolute Gasteiger partial charge is 0.318 e. The number of nitrogens with one attached hydrogen (secondary N) is 1. The van der Waals surface area contributed by atoms with Crippen LogP contribution in [-0.4, -0.2) is 36.4 Å². The first-order chi connectivity index (χ1) is 6.40. The predicted octanol–water partition coefficient (Wildman–Crippen LogP) is 0.463. The number of halogens is 1. The van der Waals surface area contributed by atoms with Crippen molar-refractivity contribution in [3.63, 3.8) is 0 Å². The van der Waals surface area contributed by atoms with E-state index in [9.17, 15) is 0 Å². The Labute approximate surface area is 89.3 Å². The summed E-state index contributed by atoms with van der Waals surface area (Å²) in [6, 6.07) is 0.665. The van der Waals surface area contributed by atoms with Crippen LogP contribution < -0.4 is 10.2 Å². The van der Waals surface area contributed by atoms with Crippen LogP contribution >= 0.6 is 12.4 Å². The maximum absolute atomic E-state index is 5.45. The molecule has 14 heavy (non-hydrogen) atoms. The van der Waals surface area contributed by atoms with E-state index in [1.165, 1.54) is 0 Å². The van der Waals surface area contributed by atoms with Gasteiger partial charge in [-0.05, 0) is 0 Å². The lowest BCUT2D eigenvalue weighted by Crippen LogP contribution is -2.43. The van der Waals surface area contributed by atoms with E-state index >= 15 is 0 Å². The fraction of sp³-hybridized carbons (Fsp3) is 0.750. The van der Waals surface area contributed by atoms with E-state index in [0.717, 1.165) is 32.6 Å². The van der Waals surface area contributed by atoms with Gasteiger partial charge in [-0.15, -0.1) is 17.5 Å². The molecule has 2 rings (SSSR count). The van der Waals surface area contributed by atoms with Gasteiger partial charge in [0, 0.05) is 32.6 Å². The second kappa shape index (κ2) is 5.17. The number of anilines is 1. The summed E-state index contributed by atoms with van der Waals surface area (Å²) < 4.78 is 5.45. The third kappa shape index (κ3) is 2.36. The van der Waals surface area contributed by atoms with Gasteiger partial charge in [-0.25, -0.2) is 0 Å². The van der Waals surface area contributed by atoms with Crippen molar-refractivity contribution in [1.29, 1.82) is 0 Å². The molecule has 0 amide bonds. The molecule has 0 aliphatic carbocycles. The maximum Gasteiger partial charge on any atom is 0.318 e. The highest BCUT2D eigenvalue weighted by molar-refractivity contribution is 5.85. The van der Waals surface area contributed by atoms with Crippen LogP contribution in [0.1, 0.15) is 12.8 Å². The van der Waals surface area contributed by atoms with Crippen molar-refractivity contribution in [2.24, 2.45) is 0 Å². The van der Waals surface area contributed by atoms with Gasteiger partial charge in [-0.2, -0.15) is 0 Å². The van der Waals surface area contributed by atoms with Crippen LogP contribution in [-0.2, 0) is 6.42 Å². The second-order valence-electron chi connectivity index (χ2n) is 3.07. The first-order valence-electron chi connectivity index (χ1n) is 4.68. The van der Waals surface area contributed by atoms with Gasteiger partial charge >= 0.3 is 6.01 Å². The molecule has 1 fully saturated rings. The third-order valence-electron chi connectivity index (χ3n) is 2.15. The topological polar surface area (TPSA) is 54.2 Å². The molecule has 6 heteroatoms. The highest BCUT2D eigenvalue weighted by Crippen LogP contribution is 2.12. The number of hydrogen-bond acceptors (Lipinski definition) is 5. The molecule has 0 saturated carbocycles. The zero-order valence-corrected chi connectivity index (χ0v) is 9.01. The van der Waals surface area contributed by atoms with Crippen molar-refractivity contribution < 1.29 is 4.42 Å². The van der Waals surface area contributed by atoms with E-state index in [2.05, 4.69) is 20.4 Å². The maximum atomic E-state index is 5.45. The number of hydrogen-bond donors (Lipinski definition) is 1. The number of piperazine rings is 1. The Morgan fingerprint density at radius 3 is 2.64 bits per heavy atom. The zero-order valence-electron chi connectivity index (χ0n) is 8.19. The molecule has 1 N–H and O–H groups in total. The largest absolute Gasteiger partial charge is 0.408 e. The molecular weight excluding hydrogens is 204 g/mol. The van der Waals surface area contributed by atoms with Gasteiger partial charge in [0.1, 0.15) is 0 Å². The molecule has 1 aromatic heterocycles. The predicted molar refractivity (Wildman–Crippen MR) is 56.0 cm³/mol. The van der Waals surface area contributed by atoms with Crippen LogP contribution in [0.3, 0.4) is 0 Å². The summed E-state index contributed by atoms with van der Waals surface area (Å²) in [7, 11) is 0. The van der Waals surface area contributed by atoms with Crippen molar-refractivity contribution in [1.82, 2.24) is 15.5 Å². The summed E-state index contributed by atoms with van der Waals surface area (Å²) >= 11 is 0. The molecule has 0 bridgehead atoms. The molecule has 1 aromatic rings. The molecule has 0 unspecified atom stereocenters. The number of nitrogens with zero attached hydrogens (tertiary/aromatic N) is 3. The molecule has 2 heterocycles. The minimum Gasteiger partial charge on any atom is -0.408 e. The van der Waals surface area contributed by atoms with Crippen LogP contribution in [0.15, 0.2) is 4.42 Å². The highest BCUT2D eigenvalue weighted by Gasteiger charge is 2.15. The Kier molecular flexibility index (Phi) is 4.16. The fourth-order valence-electron chi connectivity index (χ4n) is 1.37. The van der Waals surface area contributed by atoms with Gasteiger partial charge in [0.05, 0.1) is 0 Å². The first kappa shape index (κ1) is 11.3. The molecule has 0 aromatic carbocycles. The van der Waals surface area contributed by atoms with E-state index in [1.54, 1.807) is 0 Å². The molecular formula is C8H15ClN4O. The third-order valence-corrected chi connectivity index (χ3v) is 2.15. The lowest BCUT2D eigenvalue weighted by Gasteiger charge is -2.24. The molecule has 0 spiro atoms. The first-order valence-corrected chi connectivity index (χ1v) is 4.68. The van der Waals surface area contributed by atoms with Crippen molar-refractivity contribution in [2.75, 3.05) is 31.1 Å². The van der Waals surface area contributed by atoms with Crippen molar-refractivity contribution in [2.45, 2.75) is 13.3 Å². The number of rotatable bonds is 2. The lowest BCUT2D eigenvalue weighted by atomic mass is 10.4. The standard InChI is InChI=1S/C8H14N4O.ClH/c1-2-7-10-11-8(13-7)12-5-3-9-4-6-12;/h9H,2-6H2,1H3;1H. The Hall–Kier alpha value is -0.810. The summed E-state index contributed by atoms with van der Waals surface area (Å²) in [6.07, 6.45) is 0.805. The van der Waals surface area contributed by atoms with Crippen LogP contribution in [0.25, 0.3) is 0 Å². The van der Waals surface area contributed by atoms with E-state index in [4.69, 9.17) is 4.42 Å². The monoisotopic (exact) mass is 218 g/mol. The quantitative estimate of drug-likeness (QED) is 0.782. The fourth-order valence-corrected chi connectivity index (χ4v) is 1.37. The van der Waals surface area contributed by atoms with E-state index in [0.29, 0.717) is 11.9 Å². The van der Waals surface area contributed by atoms with Crippen molar-refractivity contribution >= 4 is 18.4 Å². The zero-order chi connectivity index (χ0) is 9.10. The van der Waals surface area contributed by atoms with Gasteiger partial charge in [0.2, 0.25) is 5.89 Å². The van der Waals surface area contributed by atoms with Crippen molar-refractivity contribution in [3.05, 3.63) is 5.89 Å².